The number of benzene rings is 2. The van der Waals surface area contributed by atoms with Crippen molar-refractivity contribution in [1.82, 2.24) is 19.8 Å². The van der Waals surface area contributed by atoms with Crippen molar-refractivity contribution in [3.63, 3.8) is 0 Å². The van der Waals surface area contributed by atoms with Crippen LogP contribution in [0.25, 0.3) is 22.2 Å². The van der Waals surface area contributed by atoms with Gasteiger partial charge in [-0.2, -0.15) is 0 Å². The first-order valence-corrected chi connectivity index (χ1v) is 9.99. The zero-order chi connectivity index (χ0) is 20.9. The van der Waals surface area contributed by atoms with Crippen molar-refractivity contribution >= 4 is 22.8 Å². The third-order valence-electron chi connectivity index (χ3n) is 5.93. The Morgan fingerprint density at radius 3 is 2.37 bits per heavy atom. The van der Waals surface area contributed by atoms with E-state index < -0.39 is 11.4 Å². The normalized spacial score (nSPS) is 17.9. The minimum Gasteiger partial charge on any atom is -0.380 e. The summed E-state index contributed by atoms with van der Waals surface area (Å²) in [5.74, 6) is -1.23. The maximum atomic E-state index is 14.8. The number of amides is 2. The highest BCUT2D eigenvalue weighted by molar-refractivity contribution is 5.95. The molecule has 0 radical (unpaired) electrons. The van der Waals surface area contributed by atoms with Crippen LogP contribution in [-0.2, 0) is 4.79 Å². The molecule has 2 fully saturated rings. The van der Waals surface area contributed by atoms with E-state index in [0.717, 1.165) is 16.6 Å². The van der Waals surface area contributed by atoms with Crippen LogP contribution in [0.3, 0.4) is 0 Å². The van der Waals surface area contributed by atoms with E-state index in [1.807, 2.05) is 18.2 Å². The number of piperazine rings is 1. The van der Waals surface area contributed by atoms with Gasteiger partial charge < -0.3 is 19.9 Å². The second-order valence-electron chi connectivity index (χ2n) is 7.95. The molecule has 1 aromatic heterocycles. The number of aromatic amines is 1. The average Bonchev–Trinajstić information content (AvgIpc) is 3.34. The van der Waals surface area contributed by atoms with Gasteiger partial charge in [-0.1, -0.05) is 12.1 Å². The molecule has 3 aromatic rings. The number of aliphatic hydroxyl groups is 1. The number of hydrogen-bond acceptors (Lipinski definition) is 4. The summed E-state index contributed by atoms with van der Waals surface area (Å²) in [6.07, 6.45) is 2.60. The second kappa shape index (κ2) is 6.91. The minimum atomic E-state index is -1.20. The fraction of sp³-hybridized carbons (Fsp3) is 0.318. The predicted octanol–water partition coefficient (Wildman–Crippen LogP) is 2.18. The number of rotatable bonds is 3. The largest absolute Gasteiger partial charge is 0.380 e. The maximum absolute atomic E-state index is 14.8. The highest BCUT2D eigenvalue weighted by Gasteiger charge is 2.50. The molecule has 1 saturated carbocycles. The second-order valence-corrected chi connectivity index (χ2v) is 7.95. The Bertz CT molecular complexity index is 1150. The minimum absolute atomic E-state index is 0.0157. The van der Waals surface area contributed by atoms with E-state index in [1.165, 1.54) is 12.1 Å². The zero-order valence-corrected chi connectivity index (χ0v) is 16.3. The SMILES string of the molecule is O=C(c1ccc(-c2ccc3nc[nH]c3c2)cc1F)N1CCN(C(=O)C2(O)CC2)CC1. The molecule has 1 aliphatic carbocycles. The van der Waals surface area contributed by atoms with Gasteiger partial charge in [0.05, 0.1) is 22.9 Å². The molecule has 0 atom stereocenters. The van der Waals surface area contributed by atoms with E-state index in [9.17, 15) is 19.1 Å². The molecule has 154 valence electrons. The van der Waals surface area contributed by atoms with Crippen LogP contribution in [0.5, 0.6) is 0 Å². The van der Waals surface area contributed by atoms with Crippen LogP contribution in [0.15, 0.2) is 42.7 Å². The fourth-order valence-electron chi connectivity index (χ4n) is 3.89. The molecule has 1 aliphatic heterocycles. The van der Waals surface area contributed by atoms with Crippen LogP contribution >= 0.6 is 0 Å². The van der Waals surface area contributed by atoms with Crippen LogP contribution in [0.2, 0.25) is 0 Å². The van der Waals surface area contributed by atoms with E-state index in [0.29, 0.717) is 44.6 Å². The lowest BCUT2D eigenvalue weighted by atomic mass is 10.0. The van der Waals surface area contributed by atoms with Gasteiger partial charge in [0.25, 0.3) is 11.8 Å². The first-order chi connectivity index (χ1) is 14.4. The summed E-state index contributed by atoms with van der Waals surface area (Å²) in [5.41, 5.74) is 2.01. The summed E-state index contributed by atoms with van der Waals surface area (Å²) in [6, 6.07) is 10.2. The molecule has 7 nitrogen and oxygen atoms in total. The number of fused-ring (bicyclic) bond motifs is 1. The van der Waals surface area contributed by atoms with E-state index in [-0.39, 0.29) is 17.4 Å². The van der Waals surface area contributed by atoms with E-state index in [4.69, 9.17) is 0 Å². The molecule has 2 aromatic carbocycles. The number of H-pyrrole nitrogens is 1. The molecule has 30 heavy (non-hydrogen) atoms. The molecule has 0 bridgehead atoms. The molecule has 0 spiro atoms. The Morgan fingerprint density at radius 1 is 1.00 bits per heavy atom. The van der Waals surface area contributed by atoms with Gasteiger partial charge in [0, 0.05) is 26.2 Å². The van der Waals surface area contributed by atoms with Crippen LogP contribution in [0, 0.1) is 5.82 Å². The fourth-order valence-corrected chi connectivity index (χ4v) is 3.89. The molecule has 5 rings (SSSR count). The van der Waals surface area contributed by atoms with Gasteiger partial charge in [0.1, 0.15) is 11.4 Å². The number of carbonyl (C=O) groups is 2. The van der Waals surface area contributed by atoms with Crippen molar-refractivity contribution in [3.05, 3.63) is 54.1 Å². The number of nitrogens with one attached hydrogen (secondary N) is 1. The van der Waals surface area contributed by atoms with Crippen LogP contribution in [-0.4, -0.2) is 68.5 Å². The first-order valence-electron chi connectivity index (χ1n) is 9.99. The molecule has 2 heterocycles. The van der Waals surface area contributed by atoms with Gasteiger partial charge in [0.15, 0.2) is 0 Å². The number of halogens is 1. The highest BCUT2D eigenvalue weighted by atomic mass is 19.1. The Hall–Kier alpha value is -3.26. The summed E-state index contributed by atoms with van der Waals surface area (Å²) >= 11 is 0. The van der Waals surface area contributed by atoms with Crippen LogP contribution < -0.4 is 0 Å². The Morgan fingerprint density at radius 2 is 1.67 bits per heavy atom. The maximum Gasteiger partial charge on any atom is 0.256 e. The monoisotopic (exact) mass is 408 g/mol. The summed E-state index contributed by atoms with van der Waals surface area (Å²) < 4.78 is 14.8. The molecule has 2 aliphatic rings. The van der Waals surface area contributed by atoms with Crippen molar-refractivity contribution in [2.75, 3.05) is 26.2 Å². The Balaban J connectivity index is 1.30. The van der Waals surface area contributed by atoms with Crippen molar-refractivity contribution in [1.29, 1.82) is 0 Å². The number of nitrogens with zero attached hydrogens (tertiary/aromatic N) is 3. The van der Waals surface area contributed by atoms with Crippen LogP contribution in [0.1, 0.15) is 23.2 Å². The van der Waals surface area contributed by atoms with E-state index in [2.05, 4.69) is 9.97 Å². The molecule has 1 saturated heterocycles. The summed E-state index contributed by atoms with van der Waals surface area (Å²) in [6.45, 7) is 1.32. The third-order valence-corrected chi connectivity index (χ3v) is 5.93. The van der Waals surface area contributed by atoms with Crippen molar-refractivity contribution in [2.24, 2.45) is 0 Å². The van der Waals surface area contributed by atoms with Crippen molar-refractivity contribution in [3.8, 4) is 11.1 Å². The number of imidazole rings is 1. The Labute approximate surface area is 172 Å². The van der Waals surface area contributed by atoms with Gasteiger partial charge in [-0.25, -0.2) is 9.37 Å². The molecule has 8 heteroatoms. The van der Waals surface area contributed by atoms with Crippen molar-refractivity contribution in [2.45, 2.75) is 18.4 Å². The smallest absolute Gasteiger partial charge is 0.256 e. The van der Waals surface area contributed by atoms with Crippen LogP contribution in [0.4, 0.5) is 4.39 Å². The summed E-state index contributed by atoms with van der Waals surface area (Å²) in [5, 5.41) is 9.98. The van der Waals surface area contributed by atoms with Gasteiger partial charge in [0.2, 0.25) is 0 Å². The van der Waals surface area contributed by atoms with Crippen molar-refractivity contribution < 1.29 is 19.1 Å². The lowest BCUT2D eigenvalue weighted by molar-refractivity contribution is -0.143. The quantitative estimate of drug-likeness (QED) is 0.695. The number of carbonyl (C=O) groups excluding carboxylic acids is 2. The third kappa shape index (κ3) is 3.23. The molecule has 2 N–H and O–H groups in total. The number of aromatic nitrogens is 2. The first kappa shape index (κ1) is 18.7. The predicted molar refractivity (Wildman–Crippen MR) is 108 cm³/mol. The van der Waals surface area contributed by atoms with Gasteiger partial charge in [-0.3, -0.25) is 9.59 Å². The topological polar surface area (TPSA) is 89.5 Å². The average molecular weight is 408 g/mol. The highest BCUT2D eigenvalue weighted by Crippen LogP contribution is 2.37. The van der Waals surface area contributed by atoms with E-state index in [1.54, 1.807) is 22.2 Å². The molecule has 0 unspecified atom stereocenters. The lowest BCUT2D eigenvalue weighted by Crippen LogP contribution is -2.53. The summed E-state index contributed by atoms with van der Waals surface area (Å²) in [4.78, 5) is 35.4. The number of hydrogen-bond donors (Lipinski definition) is 2. The standard InChI is InChI=1S/C22H21FN4O3/c23-17-11-14(15-2-4-18-19(12-15)25-13-24-18)1-3-16(17)20(28)26-7-9-27(10-8-26)21(29)22(30)5-6-22/h1-4,11-13,30H,5-10H2,(H,24,25). The van der Waals surface area contributed by atoms with E-state index >= 15 is 0 Å². The lowest BCUT2D eigenvalue weighted by Gasteiger charge is -2.35. The molecular formula is C22H21FN4O3. The Kier molecular flexibility index (Phi) is 4.32. The summed E-state index contributed by atoms with van der Waals surface area (Å²) in [7, 11) is 0. The van der Waals surface area contributed by atoms with Gasteiger partial charge >= 0.3 is 0 Å². The van der Waals surface area contributed by atoms with Gasteiger partial charge in [-0.15, -0.1) is 0 Å². The zero-order valence-electron chi connectivity index (χ0n) is 16.3. The molecule has 2 amide bonds. The van der Waals surface area contributed by atoms with Gasteiger partial charge in [-0.05, 0) is 48.2 Å². The molecular weight excluding hydrogens is 387 g/mol.